The van der Waals surface area contributed by atoms with Gasteiger partial charge in [0.1, 0.15) is 0 Å². The van der Waals surface area contributed by atoms with Crippen LogP contribution in [0, 0.1) is 0 Å². The van der Waals surface area contributed by atoms with Gasteiger partial charge in [0.15, 0.2) is 16.7 Å². The molecule has 1 N–H and O–H groups in total. The van der Waals surface area contributed by atoms with E-state index in [-0.39, 0.29) is 11.5 Å². The van der Waals surface area contributed by atoms with E-state index in [1.165, 1.54) is 23.9 Å². The smallest absolute Gasteiger partial charge is 0.335 e. The minimum atomic E-state index is -1.03. The Morgan fingerprint density at radius 2 is 2.06 bits per heavy atom. The second kappa shape index (κ2) is 10.0. The lowest BCUT2D eigenvalue weighted by Crippen LogP contribution is -2.28. The molecule has 1 aliphatic rings. The van der Waals surface area contributed by atoms with Crippen molar-refractivity contribution in [3.63, 3.8) is 0 Å². The number of aromatic carboxylic acids is 1. The summed E-state index contributed by atoms with van der Waals surface area (Å²) in [6.45, 7) is 4.67. The minimum Gasteiger partial charge on any atom is -0.492 e. The molecule has 0 unspecified atom stereocenters. The number of rotatable bonds is 7. The lowest BCUT2D eigenvalue weighted by atomic mass is 10.2. The van der Waals surface area contributed by atoms with Gasteiger partial charge >= 0.3 is 5.97 Å². The van der Waals surface area contributed by atoms with Gasteiger partial charge in [-0.3, -0.25) is 9.69 Å². The van der Waals surface area contributed by atoms with Crippen molar-refractivity contribution in [3.05, 3.63) is 56.9 Å². The van der Waals surface area contributed by atoms with Gasteiger partial charge < -0.3 is 14.6 Å². The third-order valence-corrected chi connectivity index (χ3v) is 5.95. The molecule has 0 spiro atoms. The number of ether oxygens (including phenoxy) is 2. The first-order chi connectivity index (χ1) is 14.9. The average molecular weight is 505 g/mol. The second-order valence-corrected chi connectivity index (χ2v) is 8.24. The van der Waals surface area contributed by atoms with Crippen LogP contribution in [-0.2, 0) is 4.79 Å². The van der Waals surface area contributed by atoms with E-state index in [9.17, 15) is 14.7 Å². The maximum absolute atomic E-state index is 12.9. The summed E-state index contributed by atoms with van der Waals surface area (Å²) in [5.41, 5.74) is 1.39. The summed E-state index contributed by atoms with van der Waals surface area (Å²) in [6, 6.07) is 9.97. The third kappa shape index (κ3) is 5.11. The number of amidine groups is 1. The molecule has 2 aromatic carbocycles. The Morgan fingerprint density at radius 1 is 1.29 bits per heavy atom. The Balaban J connectivity index is 1.97. The van der Waals surface area contributed by atoms with Crippen LogP contribution >= 0.6 is 27.7 Å². The maximum Gasteiger partial charge on any atom is 0.335 e. The van der Waals surface area contributed by atoms with E-state index in [0.717, 1.165) is 10.0 Å². The summed E-state index contributed by atoms with van der Waals surface area (Å²) < 4.78 is 11.8. The number of methoxy groups -OCH3 is 1. The third-order valence-electron chi connectivity index (χ3n) is 4.36. The second-order valence-electron chi connectivity index (χ2n) is 6.38. The van der Waals surface area contributed by atoms with Crippen LogP contribution in [0.4, 0.5) is 5.69 Å². The van der Waals surface area contributed by atoms with Crippen LogP contribution in [-0.4, -0.2) is 47.3 Å². The lowest BCUT2D eigenvalue weighted by molar-refractivity contribution is -0.122. The van der Waals surface area contributed by atoms with Crippen molar-refractivity contribution >= 4 is 56.5 Å². The standard InChI is InChI=1S/C22H21BrN2O5S/c1-4-25-20(26)18(11-13-9-16(23)19(29-3)17(10-13)30-5-2)31-22(25)24-15-8-6-7-14(12-15)21(27)28/h6-12H,4-5H2,1-3H3,(H,27,28). The summed E-state index contributed by atoms with van der Waals surface area (Å²) >= 11 is 4.73. The molecule has 0 bridgehead atoms. The molecule has 31 heavy (non-hydrogen) atoms. The van der Waals surface area contributed by atoms with Gasteiger partial charge in [-0.1, -0.05) is 6.07 Å². The molecule has 1 fully saturated rings. The van der Waals surface area contributed by atoms with E-state index in [2.05, 4.69) is 20.9 Å². The lowest BCUT2D eigenvalue weighted by Gasteiger charge is -2.12. The van der Waals surface area contributed by atoms with Crippen molar-refractivity contribution in [1.82, 2.24) is 4.90 Å². The highest BCUT2D eigenvalue weighted by molar-refractivity contribution is 9.10. The topological polar surface area (TPSA) is 88.4 Å². The fraction of sp³-hybridized carbons (Fsp3) is 0.227. The fourth-order valence-electron chi connectivity index (χ4n) is 2.97. The van der Waals surface area contributed by atoms with Crippen LogP contribution in [0.25, 0.3) is 6.08 Å². The average Bonchev–Trinajstić information content (AvgIpc) is 3.02. The van der Waals surface area contributed by atoms with Crippen molar-refractivity contribution in [2.75, 3.05) is 20.3 Å². The Kier molecular flexibility index (Phi) is 7.40. The molecule has 1 saturated heterocycles. The van der Waals surface area contributed by atoms with Gasteiger partial charge in [0.2, 0.25) is 0 Å². The zero-order valence-corrected chi connectivity index (χ0v) is 19.6. The monoisotopic (exact) mass is 504 g/mol. The van der Waals surface area contributed by atoms with E-state index < -0.39 is 5.97 Å². The Morgan fingerprint density at radius 3 is 2.71 bits per heavy atom. The molecule has 162 valence electrons. The molecule has 2 aromatic rings. The number of carbonyl (C=O) groups is 2. The van der Waals surface area contributed by atoms with Crippen LogP contribution in [0.5, 0.6) is 11.5 Å². The van der Waals surface area contributed by atoms with Crippen LogP contribution < -0.4 is 9.47 Å². The van der Waals surface area contributed by atoms with Crippen LogP contribution in [0.1, 0.15) is 29.8 Å². The normalized spacial score (nSPS) is 16.3. The van der Waals surface area contributed by atoms with Crippen molar-refractivity contribution < 1.29 is 24.2 Å². The van der Waals surface area contributed by atoms with E-state index >= 15 is 0 Å². The highest BCUT2D eigenvalue weighted by Gasteiger charge is 2.32. The molecule has 0 aliphatic carbocycles. The number of carboxylic acid groups (broad SMARTS) is 1. The van der Waals surface area contributed by atoms with Gasteiger partial charge in [-0.15, -0.1) is 0 Å². The molecule has 1 heterocycles. The SMILES string of the molecule is CCOc1cc(C=C2SC(=Nc3cccc(C(=O)O)c3)N(CC)C2=O)cc(Br)c1OC. The Labute approximate surface area is 192 Å². The number of halogens is 1. The predicted molar refractivity (Wildman–Crippen MR) is 125 cm³/mol. The van der Waals surface area contributed by atoms with Gasteiger partial charge in [-0.25, -0.2) is 9.79 Å². The summed E-state index contributed by atoms with van der Waals surface area (Å²) in [5, 5.41) is 9.69. The number of likely N-dealkylation sites (N-methyl/N-ethyl adjacent to an activating group) is 1. The fourth-order valence-corrected chi connectivity index (χ4v) is 4.66. The largest absolute Gasteiger partial charge is 0.492 e. The van der Waals surface area contributed by atoms with E-state index in [1.54, 1.807) is 30.2 Å². The first-order valence-electron chi connectivity index (χ1n) is 9.51. The number of benzene rings is 2. The zero-order valence-electron chi connectivity index (χ0n) is 17.2. The number of amides is 1. The number of carbonyl (C=O) groups excluding carboxylic acids is 1. The first-order valence-corrected chi connectivity index (χ1v) is 11.1. The predicted octanol–water partition coefficient (Wildman–Crippen LogP) is 5.18. The van der Waals surface area contributed by atoms with Crippen LogP contribution in [0.2, 0.25) is 0 Å². The molecule has 7 nitrogen and oxygen atoms in total. The number of thioether (sulfide) groups is 1. The molecular weight excluding hydrogens is 484 g/mol. The van der Waals surface area contributed by atoms with Crippen LogP contribution in [0.15, 0.2) is 50.8 Å². The zero-order chi connectivity index (χ0) is 22.5. The van der Waals surface area contributed by atoms with Crippen LogP contribution in [0.3, 0.4) is 0 Å². The van der Waals surface area contributed by atoms with Gasteiger partial charge in [0.25, 0.3) is 5.91 Å². The van der Waals surface area contributed by atoms with E-state index in [1.807, 2.05) is 26.0 Å². The van der Waals surface area contributed by atoms with Gasteiger partial charge in [-0.2, -0.15) is 0 Å². The van der Waals surface area contributed by atoms with Gasteiger partial charge in [0.05, 0.1) is 34.3 Å². The highest BCUT2D eigenvalue weighted by Crippen LogP contribution is 2.39. The molecule has 9 heteroatoms. The summed E-state index contributed by atoms with van der Waals surface area (Å²) in [4.78, 5) is 30.7. The quantitative estimate of drug-likeness (QED) is 0.522. The van der Waals surface area contributed by atoms with Crippen molar-refractivity contribution in [1.29, 1.82) is 0 Å². The van der Waals surface area contributed by atoms with Gasteiger partial charge in [0, 0.05) is 6.54 Å². The number of nitrogens with zero attached hydrogens (tertiary/aromatic N) is 2. The summed E-state index contributed by atoms with van der Waals surface area (Å²) in [6.07, 6.45) is 1.78. The number of hydrogen-bond acceptors (Lipinski definition) is 6. The first kappa shape index (κ1) is 22.9. The van der Waals surface area contributed by atoms with Crippen molar-refractivity contribution in [2.45, 2.75) is 13.8 Å². The highest BCUT2D eigenvalue weighted by atomic mass is 79.9. The number of aliphatic imine (C=N–C) groups is 1. The van der Waals surface area contributed by atoms with Crippen molar-refractivity contribution in [3.8, 4) is 11.5 Å². The number of hydrogen-bond donors (Lipinski definition) is 1. The molecule has 0 atom stereocenters. The van der Waals surface area contributed by atoms with Gasteiger partial charge in [-0.05, 0) is 83.5 Å². The molecule has 0 aromatic heterocycles. The Bertz CT molecular complexity index is 1080. The molecule has 0 radical (unpaired) electrons. The van der Waals surface area contributed by atoms with E-state index in [0.29, 0.717) is 40.4 Å². The minimum absolute atomic E-state index is 0.140. The molecule has 1 aliphatic heterocycles. The summed E-state index contributed by atoms with van der Waals surface area (Å²) in [7, 11) is 1.57. The molecular formula is C22H21BrN2O5S. The molecule has 0 saturated carbocycles. The maximum atomic E-state index is 12.9. The summed E-state index contributed by atoms with van der Waals surface area (Å²) in [5.74, 6) is -0.0237. The molecule has 1 amide bonds. The van der Waals surface area contributed by atoms with E-state index in [4.69, 9.17) is 9.47 Å². The van der Waals surface area contributed by atoms with Crippen molar-refractivity contribution in [2.24, 2.45) is 4.99 Å². The Hall–Kier alpha value is -2.78. The molecule has 3 rings (SSSR count). The number of carboxylic acids is 1.